The number of hydrogen-bond donors (Lipinski definition) is 1. The molecule has 0 saturated carbocycles. The number of amides is 2. The predicted molar refractivity (Wildman–Crippen MR) is 140 cm³/mol. The average Bonchev–Trinajstić information content (AvgIpc) is 3.29. The number of nitrogens with one attached hydrogen (secondary N) is 1. The zero-order chi connectivity index (χ0) is 25.9. The van der Waals surface area contributed by atoms with E-state index in [0.717, 1.165) is 27.7 Å². The van der Waals surface area contributed by atoms with Crippen molar-refractivity contribution in [2.24, 2.45) is 0 Å². The van der Waals surface area contributed by atoms with Crippen LogP contribution in [0.25, 0.3) is 10.9 Å². The summed E-state index contributed by atoms with van der Waals surface area (Å²) in [5, 5.41) is 1.09. The van der Waals surface area contributed by atoms with Crippen molar-refractivity contribution in [1.82, 2.24) is 14.8 Å². The number of para-hydroxylation sites is 2. The summed E-state index contributed by atoms with van der Waals surface area (Å²) in [6, 6.07) is 14.8. The van der Waals surface area contributed by atoms with E-state index >= 15 is 0 Å². The number of H-pyrrole nitrogens is 1. The Kier molecular flexibility index (Phi) is 7.48. The van der Waals surface area contributed by atoms with Crippen LogP contribution >= 0.6 is 0 Å². The molecule has 0 unspecified atom stereocenters. The van der Waals surface area contributed by atoms with Gasteiger partial charge < -0.3 is 29.0 Å². The molecule has 2 amide bonds. The number of carbonyl (C=O) groups excluding carboxylic acids is 2. The van der Waals surface area contributed by atoms with Crippen molar-refractivity contribution in [3.05, 3.63) is 65.4 Å². The summed E-state index contributed by atoms with van der Waals surface area (Å²) in [6.45, 7) is 5.57. The van der Waals surface area contributed by atoms with Crippen LogP contribution in [0.3, 0.4) is 0 Å². The topological polar surface area (TPSA) is 84.1 Å². The molecule has 1 aromatic heterocycles. The van der Waals surface area contributed by atoms with E-state index in [1.54, 1.807) is 16.9 Å². The van der Waals surface area contributed by atoms with Crippen molar-refractivity contribution in [2.75, 3.05) is 33.4 Å². The zero-order valence-electron chi connectivity index (χ0n) is 21.7. The number of methoxy groups -OCH3 is 1. The molecule has 2 aliphatic rings. The van der Waals surface area contributed by atoms with Gasteiger partial charge in [-0.05, 0) is 38.0 Å². The van der Waals surface area contributed by atoms with Gasteiger partial charge in [-0.25, -0.2) is 0 Å². The quantitative estimate of drug-likeness (QED) is 0.421. The molecule has 37 heavy (non-hydrogen) atoms. The molecule has 5 rings (SSSR count). The largest absolute Gasteiger partial charge is 0.496 e. The van der Waals surface area contributed by atoms with E-state index in [2.05, 4.69) is 11.1 Å². The maximum atomic E-state index is 13.9. The minimum atomic E-state index is -0.572. The van der Waals surface area contributed by atoms with Crippen LogP contribution < -0.4 is 4.74 Å². The second-order valence-corrected chi connectivity index (χ2v) is 9.47. The fraction of sp³-hybridized carbons (Fsp3) is 0.448. The van der Waals surface area contributed by atoms with Crippen LogP contribution in [-0.2, 0) is 25.5 Å². The standard InChI is InChI=1S/C29H35N3O5/c1-4-36-26(37-5-2)15-10-16-31-18-25(33)32-23(29(31)34)17-21-19-11-6-8-13-22(19)30-27(21)28(32)20-12-7-9-14-24(20)35-3/h6-9,11-14,23,26,28,30H,4-5,10,15-18H2,1-3H3/t23-,28+/m0/s1. The van der Waals surface area contributed by atoms with E-state index in [9.17, 15) is 9.59 Å². The number of carbonyl (C=O) groups is 2. The highest BCUT2D eigenvalue weighted by Crippen LogP contribution is 2.44. The number of aromatic amines is 1. The molecule has 2 aromatic carbocycles. The molecule has 1 saturated heterocycles. The van der Waals surface area contributed by atoms with E-state index in [4.69, 9.17) is 14.2 Å². The molecule has 3 aromatic rings. The first kappa shape index (κ1) is 25.3. The minimum Gasteiger partial charge on any atom is -0.496 e. The van der Waals surface area contributed by atoms with Gasteiger partial charge in [-0.15, -0.1) is 0 Å². The molecule has 0 aliphatic carbocycles. The Balaban J connectivity index is 1.47. The highest BCUT2D eigenvalue weighted by molar-refractivity contribution is 5.97. The Bertz CT molecular complexity index is 1270. The number of piperazine rings is 1. The molecule has 0 spiro atoms. The first-order valence-corrected chi connectivity index (χ1v) is 13.1. The van der Waals surface area contributed by atoms with Crippen LogP contribution in [0.1, 0.15) is 49.6 Å². The average molecular weight is 506 g/mol. The first-order chi connectivity index (χ1) is 18.1. The molecular formula is C29H35N3O5. The number of ether oxygens (including phenoxy) is 3. The highest BCUT2D eigenvalue weighted by atomic mass is 16.7. The Morgan fingerprint density at radius 1 is 1.03 bits per heavy atom. The summed E-state index contributed by atoms with van der Waals surface area (Å²) in [6.07, 6.45) is 1.56. The summed E-state index contributed by atoms with van der Waals surface area (Å²) in [7, 11) is 1.63. The number of nitrogens with zero attached hydrogens (tertiary/aromatic N) is 2. The Labute approximate surface area is 217 Å². The van der Waals surface area contributed by atoms with Gasteiger partial charge in [-0.2, -0.15) is 0 Å². The second kappa shape index (κ2) is 10.9. The fourth-order valence-electron chi connectivity index (χ4n) is 5.76. The van der Waals surface area contributed by atoms with Gasteiger partial charge in [0.2, 0.25) is 11.8 Å². The maximum Gasteiger partial charge on any atom is 0.246 e. The van der Waals surface area contributed by atoms with Gasteiger partial charge in [-0.1, -0.05) is 36.4 Å². The highest BCUT2D eigenvalue weighted by Gasteiger charge is 2.48. The monoisotopic (exact) mass is 505 g/mol. The molecular weight excluding hydrogens is 470 g/mol. The molecule has 3 heterocycles. The lowest BCUT2D eigenvalue weighted by atomic mass is 9.86. The minimum absolute atomic E-state index is 0.0141. The van der Waals surface area contributed by atoms with Gasteiger partial charge in [0.05, 0.1) is 13.7 Å². The van der Waals surface area contributed by atoms with Gasteiger partial charge in [0.1, 0.15) is 17.8 Å². The van der Waals surface area contributed by atoms with E-state index in [1.165, 1.54) is 0 Å². The lowest BCUT2D eigenvalue weighted by Crippen LogP contribution is -2.63. The Morgan fingerprint density at radius 2 is 1.76 bits per heavy atom. The first-order valence-electron chi connectivity index (χ1n) is 13.1. The molecule has 0 bridgehead atoms. The van der Waals surface area contributed by atoms with Gasteiger partial charge in [0.15, 0.2) is 6.29 Å². The molecule has 196 valence electrons. The van der Waals surface area contributed by atoms with Gasteiger partial charge in [0, 0.05) is 54.8 Å². The third-order valence-corrected chi connectivity index (χ3v) is 7.35. The number of benzene rings is 2. The summed E-state index contributed by atoms with van der Waals surface area (Å²) in [5.41, 5.74) is 3.91. The molecule has 1 fully saturated rings. The third kappa shape index (κ3) is 4.71. The van der Waals surface area contributed by atoms with Crippen molar-refractivity contribution < 1.29 is 23.8 Å². The molecule has 2 aliphatic heterocycles. The molecule has 8 nitrogen and oxygen atoms in total. The van der Waals surface area contributed by atoms with Crippen LogP contribution in [0.4, 0.5) is 0 Å². The third-order valence-electron chi connectivity index (χ3n) is 7.35. The lowest BCUT2D eigenvalue weighted by Gasteiger charge is -2.47. The SMILES string of the molecule is CCOC(CCCN1CC(=O)N2[C@H](c3ccccc3OC)c3[nH]c4ccccc4c3C[C@H]2C1=O)OCC. The Morgan fingerprint density at radius 3 is 2.51 bits per heavy atom. The van der Waals surface area contributed by atoms with Crippen molar-refractivity contribution in [3.63, 3.8) is 0 Å². The predicted octanol–water partition coefficient (Wildman–Crippen LogP) is 4.04. The summed E-state index contributed by atoms with van der Waals surface area (Å²) in [5.74, 6) is 0.620. The molecule has 2 atom stereocenters. The van der Waals surface area contributed by atoms with Crippen molar-refractivity contribution >= 4 is 22.7 Å². The lowest BCUT2D eigenvalue weighted by molar-refractivity contribution is -0.159. The molecule has 8 heteroatoms. The van der Waals surface area contributed by atoms with Crippen molar-refractivity contribution in [3.8, 4) is 5.75 Å². The smallest absolute Gasteiger partial charge is 0.246 e. The van der Waals surface area contributed by atoms with Gasteiger partial charge >= 0.3 is 0 Å². The van der Waals surface area contributed by atoms with E-state index in [1.807, 2.05) is 56.3 Å². The zero-order valence-corrected chi connectivity index (χ0v) is 21.7. The van der Waals surface area contributed by atoms with Crippen molar-refractivity contribution in [1.29, 1.82) is 0 Å². The van der Waals surface area contributed by atoms with Crippen LogP contribution in [0, 0.1) is 0 Å². The summed E-state index contributed by atoms with van der Waals surface area (Å²) in [4.78, 5) is 34.6. The number of rotatable bonds is 10. The summed E-state index contributed by atoms with van der Waals surface area (Å²) >= 11 is 0. The number of fused-ring (bicyclic) bond motifs is 4. The van der Waals surface area contributed by atoms with Crippen LogP contribution in [0.5, 0.6) is 5.75 Å². The molecule has 1 N–H and O–H groups in total. The fourth-order valence-corrected chi connectivity index (χ4v) is 5.76. The summed E-state index contributed by atoms with van der Waals surface area (Å²) < 4.78 is 17.0. The van der Waals surface area contributed by atoms with Gasteiger partial charge in [0.25, 0.3) is 0 Å². The second-order valence-electron chi connectivity index (χ2n) is 9.47. The van der Waals surface area contributed by atoms with Crippen LogP contribution in [0.2, 0.25) is 0 Å². The van der Waals surface area contributed by atoms with Gasteiger partial charge in [-0.3, -0.25) is 9.59 Å². The van der Waals surface area contributed by atoms with E-state index in [0.29, 0.717) is 44.8 Å². The van der Waals surface area contributed by atoms with Crippen LogP contribution in [-0.4, -0.2) is 72.3 Å². The number of hydrogen-bond acceptors (Lipinski definition) is 5. The van der Waals surface area contributed by atoms with Crippen molar-refractivity contribution in [2.45, 2.75) is 51.5 Å². The maximum absolute atomic E-state index is 13.9. The normalized spacial score (nSPS) is 19.5. The van der Waals surface area contributed by atoms with E-state index in [-0.39, 0.29) is 24.6 Å². The van der Waals surface area contributed by atoms with E-state index < -0.39 is 12.1 Å². The Hall–Kier alpha value is -3.36. The molecule has 0 radical (unpaired) electrons. The number of aromatic nitrogens is 1. The van der Waals surface area contributed by atoms with Crippen LogP contribution in [0.15, 0.2) is 48.5 Å².